The molecule has 2 amide bonds. The summed E-state index contributed by atoms with van der Waals surface area (Å²) in [7, 11) is 1.43. The molecule has 0 bridgehead atoms. The van der Waals surface area contributed by atoms with Crippen LogP contribution in [0.25, 0.3) is 0 Å². The molecular weight excluding hydrogens is 465 g/mol. The van der Waals surface area contributed by atoms with Gasteiger partial charge in [0.25, 0.3) is 0 Å². The predicted octanol–water partition coefficient (Wildman–Crippen LogP) is 4.10. The molecule has 0 aromatic heterocycles. The van der Waals surface area contributed by atoms with Crippen LogP contribution in [0.5, 0.6) is 5.75 Å². The molecule has 1 aliphatic rings. The summed E-state index contributed by atoms with van der Waals surface area (Å²) in [6, 6.07) is 10.5. The van der Waals surface area contributed by atoms with Gasteiger partial charge in [0.2, 0.25) is 5.91 Å². The number of carbonyl (C=O) groups is 4. The number of ether oxygens (including phenoxy) is 2. The number of aromatic carboxylic acids is 1. The molecule has 1 aliphatic heterocycles. The van der Waals surface area contributed by atoms with Crippen LogP contribution in [0, 0.1) is 0 Å². The Kier molecular flexibility index (Phi) is 8.86. The fourth-order valence-corrected chi connectivity index (χ4v) is 3.26. The van der Waals surface area contributed by atoms with Crippen molar-refractivity contribution in [2.45, 2.75) is 25.5 Å². The van der Waals surface area contributed by atoms with Crippen molar-refractivity contribution in [1.29, 1.82) is 0 Å². The number of halogens is 2. The lowest BCUT2D eigenvalue weighted by atomic mass is 10.2. The first kappa shape index (κ1) is 25.0. The van der Waals surface area contributed by atoms with Crippen LogP contribution in [0.3, 0.4) is 0 Å². The van der Waals surface area contributed by atoms with Crippen molar-refractivity contribution >= 4 is 47.1 Å². The van der Waals surface area contributed by atoms with Crippen molar-refractivity contribution in [1.82, 2.24) is 4.90 Å². The standard InChI is InChI=1S/C13H13NO5.C8H6Cl2O3/c15-11-7-6-10(12(16)17)14(11)13(18)19-8-9-4-2-1-3-5-9;1-13-7-3-5(9)4(8(11)12)2-6(7)10/h1-5,10H,6-8H2,(H,16,17);2-3H,1H3,(H,11,12)/t10-;/m1./s1. The minimum absolute atomic E-state index is 0.00971. The molecule has 0 radical (unpaired) electrons. The second kappa shape index (κ2) is 11.4. The molecule has 2 aromatic rings. The number of amides is 2. The summed E-state index contributed by atoms with van der Waals surface area (Å²) in [5.41, 5.74) is 0.738. The van der Waals surface area contributed by atoms with Gasteiger partial charge in [-0.1, -0.05) is 53.5 Å². The van der Waals surface area contributed by atoms with Crippen molar-refractivity contribution in [3.8, 4) is 5.75 Å². The lowest BCUT2D eigenvalue weighted by Gasteiger charge is -2.18. The van der Waals surface area contributed by atoms with Gasteiger partial charge in [0.05, 0.1) is 22.7 Å². The number of hydrogen-bond donors (Lipinski definition) is 2. The molecule has 1 atom stereocenters. The minimum atomic E-state index is -1.19. The zero-order chi connectivity index (χ0) is 23.8. The molecule has 0 unspecified atom stereocenters. The Morgan fingerprint density at radius 2 is 1.75 bits per heavy atom. The third kappa shape index (κ3) is 6.35. The number of imide groups is 1. The zero-order valence-electron chi connectivity index (χ0n) is 16.8. The quantitative estimate of drug-likeness (QED) is 0.649. The van der Waals surface area contributed by atoms with Gasteiger partial charge in [-0.15, -0.1) is 0 Å². The summed E-state index contributed by atoms with van der Waals surface area (Å²) in [5.74, 6) is -2.46. The van der Waals surface area contributed by atoms with Gasteiger partial charge in [-0.3, -0.25) is 4.79 Å². The average Bonchev–Trinajstić information content (AvgIpc) is 3.16. The monoisotopic (exact) mass is 483 g/mol. The molecule has 0 saturated carbocycles. The number of rotatable bonds is 5. The molecule has 2 aromatic carbocycles. The van der Waals surface area contributed by atoms with Crippen molar-refractivity contribution in [2.75, 3.05) is 7.11 Å². The van der Waals surface area contributed by atoms with Gasteiger partial charge in [0.15, 0.2) is 0 Å². The van der Waals surface area contributed by atoms with E-state index in [1.807, 2.05) is 6.07 Å². The fraction of sp³-hybridized carbons (Fsp3) is 0.238. The maximum absolute atomic E-state index is 11.8. The van der Waals surface area contributed by atoms with E-state index in [9.17, 15) is 19.2 Å². The van der Waals surface area contributed by atoms with Gasteiger partial charge in [-0.2, -0.15) is 0 Å². The first-order valence-corrected chi connectivity index (χ1v) is 9.93. The Morgan fingerprint density at radius 3 is 2.31 bits per heavy atom. The number of hydrogen-bond acceptors (Lipinski definition) is 6. The van der Waals surface area contributed by atoms with E-state index in [4.69, 9.17) is 42.9 Å². The highest BCUT2D eigenvalue weighted by Crippen LogP contribution is 2.30. The molecule has 170 valence electrons. The van der Waals surface area contributed by atoms with Crippen molar-refractivity contribution in [3.63, 3.8) is 0 Å². The van der Waals surface area contributed by atoms with Crippen LogP contribution in [0.2, 0.25) is 10.0 Å². The number of benzene rings is 2. The van der Waals surface area contributed by atoms with Crippen LogP contribution in [0.1, 0.15) is 28.8 Å². The third-order valence-corrected chi connectivity index (χ3v) is 4.98. The highest BCUT2D eigenvalue weighted by molar-refractivity contribution is 6.36. The third-order valence-electron chi connectivity index (χ3n) is 4.37. The van der Waals surface area contributed by atoms with Gasteiger partial charge in [0.1, 0.15) is 18.4 Å². The van der Waals surface area contributed by atoms with Gasteiger partial charge in [-0.05, 0) is 18.1 Å². The molecule has 1 fully saturated rings. The van der Waals surface area contributed by atoms with E-state index in [0.717, 1.165) is 5.56 Å². The van der Waals surface area contributed by atoms with Crippen LogP contribution in [0.4, 0.5) is 4.79 Å². The van der Waals surface area contributed by atoms with E-state index in [0.29, 0.717) is 10.6 Å². The SMILES string of the molecule is COc1cc(Cl)c(C(=O)O)cc1Cl.O=C(O)[C@H]1CCC(=O)N1C(=O)OCc1ccccc1. The van der Waals surface area contributed by atoms with Gasteiger partial charge < -0.3 is 19.7 Å². The van der Waals surface area contributed by atoms with Gasteiger partial charge >= 0.3 is 18.0 Å². The topological polar surface area (TPSA) is 130 Å². The zero-order valence-corrected chi connectivity index (χ0v) is 18.3. The maximum Gasteiger partial charge on any atom is 0.417 e. The summed E-state index contributed by atoms with van der Waals surface area (Å²) in [4.78, 5) is 45.5. The number of nitrogens with zero attached hydrogens (tertiary/aromatic N) is 1. The van der Waals surface area contributed by atoms with Crippen LogP contribution in [-0.4, -0.2) is 52.2 Å². The van der Waals surface area contributed by atoms with Gasteiger partial charge in [-0.25, -0.2) is 19.3 Å². The summed E-state index contributed by atoms with van der Waals surface area (Å²) in [6.45, 7) is 0.00971. The number of methoxy groups -OCH3 is 1. The van der Waals surface area contributed by atoms with E-state index >= 15 is 0 Å². The maximum atomic E-state index is 11.8. The Labute approximate surface area is 193 Å². The minimum Gasteiger partial charge on any atom is -0.495 e. The van der Waals surface area contributed by atoms with Crippen LogP contribution in [0.15, 0.2) is 42.5 Å². The molecule has 1 heterocycles. The first-order chi connectivity index (χ1) is 15.1. The Bertz CT molecular complexity index is 1010. The number of likely N-dealkylation sites (tertiary alicyclic amines) is 1. The van der Waals surface area contributed by atoms with E-state index in [1.165, 1.54) is 19.2 Å². The highest BCUT2D eigenvalue weighted by Gasteiger charge is 2.41. The first-order valence-electron chi connectivity index (χ1n) is 9.17. The van der Waals surface area contributed by atoms with E-state index in [1.54, 1.807) is 24.3 Å². The van der Waals surface area contributed by atoms with Crippen molar-refractivity contribution in [2.24, 2.45) is 0 Å². The van der Waals surface area contributed by atoms with E-state index < -0.39 is 30.0 Å². The lowest BCUT2D eigenvalue weighted by Crippen LogP contribution is -2.43. The summed E-state index contributed by atoms with van der Waals surface area (Å²) in [6.07, 6.45) is -0.717. The second-order valence-electron chi connectivity index (χ2n) is 6.47. The molecular formula is C21H19Cl2NO8. The number of carboxylic acid groups (broad SMARTS) is 2. The van der Waals surface area contributed by atoms with Crippen LogP contribution >= 0.6 is 23.2 Å². The van der Waals surface area contributed by atoms with E-state index in [2.05, 4.69) is 0 Å². The smallest absolute Gasteiger partial charge is 0.417 e. The number of carbonyl (C=O) groups excluding carboxylic acids is 2. The molecule has 2 N–H and O–H groups in total. The number of carboxylic acids is 2. The van der Waals surface area contributed by atoms with Crippen molar-refractivity contribution in [3.05, 3.63) is 63.6 Å². The average molecular weight is 484 g/mol. The van der Waals surface area contributed by atoms with Gasteiger partial charge in [0, 0.05) is 12.5 Å². The number of aliphatic carboxylic acids is 1. The summed E-state index contributed by atoms with van der Waals surface area (Å²) in [5, 5.41) is 17.9. The molecule has 9 nitrogen and oxygen atoms in total. The van der Waals surface area contributed by atoms with Crippen molar-refractivity contribution < 1.29 is 38.9 Å². The van der Waals surface area contributed by atoms with Crippen LogP contribution in [-0.2, 0) is 20.9 Å². The summed E-state index contributed by atoms with van der Waals surface area (Å²) >= 11 is 11.4. The predicted molar refractivity (Wildman–Crippen MR) is 114 cm³/mol. The lowest BCUT2D eigenvalue weighted by molar-refractivity contribution is -0.145. The highest BCUT2D eigenvalue weighted by atomic mass is 35.5. The second-order valence-corrected chi connectivity index (χ2v) is 7.28. The van der Waals surface area contributed by atoms with E-state index in [-0.39, 0.29) is 35.1 Å². The molecule has 32 heavy (non-hydrogen) atoms. The largest absolute Gasteiger partial charge is 0.495 e. The Balaban J connectivity index is 0.000000244. The molecule has 3 rings (SSSR count). The molecule has 11 heteroatoms. The summed E-state index contributed by atoms with van der Waals surface area (Å²) < 4.78 is 9.82. The molecule has 0 spiro atoms. The Hall–Kier alpha value is -3.30. The normalized spacial score (nSPS) is 14.9. The van der Waals surface area contributed by atoms with Crippen LogP contribution < -0.4 is 4.74 Å². The molecule has 0 aliphatic carbocycles. The molecule has 1 saturated heterocycles. The fourth-order valence-electron chi connectivity index (χ4n) is 2.78. The Morgan fingerprint density at radius 1 is 1.09 bits per heavy atom.